The summed E-state index contributed by atoms with van der Waals surface area (Å²) in [6.45, 7) is 2.29. The Morgan fingerprint density at radius 3 is 2.68 bits per heavy atom. The van der Waals surface area contributed by atoms with Crippen LogP contribution in [-0.4, -0.2) is 27.3 Å². The molecule has 0 amide bonds. The molecular formula is C29H33FN4O3. The molecule has 3 aliphatic rings. The van der Waals surface area contributed by atoms with Gasteiger partial charge in [0.2, 0.25) is 5.90 Å². The zero-order valence-corrected chi connectivity index (χ0v) is 21.2. The Morgan fingerprint density at radius 1 is 1.14 bits per heavy atom. The Hall–Kier alpha value is -3.55. The van der Waals surface area contributed by atoms with E-state index in [1.807, 2.05) is 31.3 Å². The van der Waals surface area contributed by atoms with Crippen LogP contribution in [0.2, 0.25) is 0 Å². The van der Waals surface area contributed by atoms with E-state index < -0.39 is 5.69 Å². The number of nitrogens with one attached hydrogen (secondary N) is 1. The summed E-state index contributed by atoms with van der Waals surface area (Å²) in [5.41, 5.74) is 2.65. The summed E-state index contributed by atoms with van der Waals surface area (Å²) in [7, 11) is 0. The zero-order chi connectivity index (χ0) is 25.8. The Morgan fingerprint density at radius 2 is 1.95 bits per heavy atom. The zero-order valence-electron chi connectivity index (χ0n) is 21.2. The van der Waals surface area contributed by atoms with Gasteiger partial charge in [0.05, 0.1) is 11.3 Å². The molecule has 37 heavy (non-hydrogen) atoms. The van der Waals surface area contributed by atoms with E-state index in [2.05, 4.69) is 16.1 Å². The Bertz CT molecular complexity index is 1380. The van der Waals surface area contributed by atoms with E-state index in [-0.39, 0.29) is 23.4 Å². The van der Waals surface area contributed by atoms with Crippen molar-refractivity contribution in [1.82, 2.24) is 9.55 Å². The normalized spacial score (nSPS) is 23.6. The molecule has 1 N–H and O–H groups in total. The number of aromatic nitrogens is 2. The second-order valence-corrected chi connectivity index (χ2v) is 9.94. The van der Waals surface area contributed by atoms with E-state index in [1.54, 1.807) is 0 Å². The second kappa shape index (κ2) is 11.2. The molecule has 5 rings (SSSR count). The van der Waals surface area contributed by atoms with Crippen LogP contribution in [0.4, 0.5) is 10.2 Å². The van der Waals surface area contributed by atoms with Gasteiger partial charge in [0, 0.05) is 18.7 Å². The maximum Gasteiger partial charge on any atom is 0.329 e. The number of allylic oxidation sites excluding steroid dienone is 2. The van der Waals surface area contributed by atoms with Crippen LogP contribution in [0.3, 0.4) is 0 Å². The fourth-order valence-electron chi connectivity index (χ4n) is 5.11. The molecule has 1 aromatic heterocycles. The van der Waals surface area contributed by atoms with Crippen molar-refractivity contribution in [3.8, 4) is 0 Å². The summed E-state index contributed by atoms with van der Waals surface area (Å²) in [6.07, 6.45) is 13.8. The van der Waals surface area contributed by atoms with Crippen LogP contribution in [0.5, 0.6) is 0 Å². The quantitative estimate of drug-likeness (QED) is 0.589. The molecular weight excluding hydrogens is 471 g/mol. The summed E-state index contributed by atoms with van der Waals surface area (Å²) in [6, 6.07) is 6.58. The highest BCUT2D eigenvalue weighted by Crippen LogP contribution is 2.32. The summed E-state index contributed by atoms with van der Waals surface area (Å²) in [5.74, 6) is 0.863. The molecule has 3 heterocycles. The van der Waals surface area contributed by atoms with Gasteiger partial charge in [-0.05, 0) is 94.1 Å². The number of fused-ring (bicyclic) bond motifs is 1. The lowest BCUT2D eigenvalue weighted by Gasteiger charge is -2.26. The van der Waals surface area contributed by atoms with Gasteiger partial charge < -0.3 is 4.74 Å². The third-order valence-corrected chi connectivity index (χ3v) is 7.49. The molecule has 0 saturated heterocycles. The average Bonchev–Trinajstić information content (AvgIpc) is 3.03. The average molecular weight is 505 g/mol. The molecule has 1 unspecified atom stereocenters. The molecule has 1 fully saturated rings. The first kappa shape index (κ1) is 25.1. The van der Waals surface area contributed by atoms with Crippen LogP contribution in [0.25, 0.3) is 0 Å². The van der Waals surface area contributed by atoms with Gasteiger partial charge in [-0.25, -0.2) is 19.2 Å². The number of hydrogen-bond acceptors (Lipinski definition) is 5. The lowest BCUT2D eigenvalue weighted by Crippen LogP contribution is -2.31. The van der Waals surface area contributed by atoms with Gasteiger partial charge in [-0.1, -0.05) is 18.2 Å². The number of ether oxygens (including phenoxy) is 1. The fraction of sp³-hybridized carbons (Fsp3) is 0.448. The maximum absolute atomic E-state index is 13.4. The molecule has 0 radical (unpaired) electrons. The number of H-pyrrole nitrogens is 1. The summed E-state index contributed by atoms with van der Waals surface area (Å²) in [4.78, 5) is 37.5. The molecule has 194 valence electrons. The van der Waals surface area contributed by atoms with Crippen molar-refractivity contribution in [2.24, 2.45) is 15.9 Å². The Balaban J connectivity index is 1.53. The number of benzene rings is 1. The van der Waals surface area contributed by atoms with E-state index in [0.717, 1.165) is 61.8 Å². The third kappa shape index (κ3) is 5.73. The SMILES string of the molecule is CCn1c2c(c(=O)[nH]c1=O)CCC(CCc1ccc(F)cc1)C(/C1=C/N=C(OC3CCC3)/C=C\CC1)=N2. The van der Waals surface area contributed by atoms with E-state index in [4.69, 9.17) is 9.73 Å². The Labute approximate surface area is 215 Å². The predicted molar refractivity (Wildman–Crippen MR) is 143 cm³/mol. The molecule has 1 aliphatic carbocycles. The molecule has 1 saturated carbocycles. The molecule has 0 spiro atoms. The topological polar surface area (TPSA) is 88.8 Å². The largest absolute Gasteiger partial charge is 0.474 e. The van der Waals surface area contributed by atoms with Crippen molar-refractivity contribution in [3.63, 3.8) is 0 Å². The highest BCUT2D eigenvalue weighted by Gasteiger charge is 2.27. The second-order valence-electron chi connectivity index (χ2n) is 9.94. The predicted octanol–water partition coefficient (Wildman–Crippen LogP) is 5.16. The van der Waals surface area contributed by atoms with Crippen LogP contribution >= 0.6 is 0 Å². The van der Waals surface area contributed by atoms with Crippen molar-refractivity contribution < 1.29 is 9.13 Å². The molecule has 2 aliphatic heterocycles. The molecule has 1 atom stereocenters. The smallest absolute Gasteiger partial charge is 0.329 e. The van der Waals surface area contributed by atoms with Crippen molar-refractivity contribution in [1.29, 1.82) is 0 Å². The van der Waals surface area contributed by atoms with Crippen LogP contribution in [0.15, 0.2) is 67.8 Å². The maximum atomic E-state index is 13.4. The van der Waals surface area contributed by atoms with Gasteiger partial charge in [-0.15, -0.1) is 0 Å². The number of hydrogen-bond donors (Lipinski definition) is 1. The first-order chi connectivity index (χ1) is 18.0. The molecule has 8 heteroatoms. The van der Waals surface area contributed by atoms with E-state index in [9.17, 15) is 14.0 Å². The number of halogens is 1. The number of rotatable bonds is 6. The van der Waals surface area contributed by atoms with Gasteiger partial charge in [0.1, 0.15) is 17.7 Å². The highest BCUT2D eigenvalue weighted by molar-refractivity contribution is 6.04. The first-order valence-electron chi connectivity index (χ1n) is 13.3. The lowest BCUT2D eigenvalue weighted by atomic mass is 9.86. The third-order valence-electron chi connectivity index (χ3n) is 7.49. The van der Waals surface area contributed by atoms with E-state index in [1.165, 1.54) is 23.1 Å². The highest BCUT2D eigenvalue weighted by atomic mass is 19.1. The minimum atomic E-state index is -0.442. The van der Waals surface area contributed by atoms with E-state index in [0.29, 0.717) is 30.2 Å². The standard InChI is InChI=1S/C29H33FN4O3/c1-2-34-27-24(28(35)33-29(34)36)17-14-20(13-10-19-11-15-22(30)16-12-19)26(32-27)21-6-3-4-9-25(31-18-21)37-23-7-5-8-23/h4,9,11-12,15-16,18,20,23H,2-3,5-8,10,13-14,17H2,1H3,(H,33,35,36)/b9-4-,21-18+,31-25-. The van der Waals surface area contributed by atoms with Crippen molar-refractivity contribution in [3.05, 3.63) is 86.0 Å². The Kier molecular flexibility index (Phi) is 7.63. The lowest BCUT2D eigenvalue weighted by molar-refractivity contribution is 0.109. The van der Waals surface area contributed by atoms with Gasteiger partial charge in [-0.3, -0.25) is 14.3 Å². The number of aliphatic imine (C=N–C) groups is 2. The minimum absolute atomic E-state index is 0.0538. The number of aromatic amines is 1. The molecule has 0 bridgehead atoms. The van der Waals surface area contributed by atoms with E-state index >= 15 is 0 Å². The minimum Gasteiger partial charge on any atom is -0.474 e. The molecule has 1 aromatic carbocycles. The van der Waals surface area contributed by atoms with Crippen LogP contribution in [0.1, 0.15) is 63.0 Å². The van der Waals surface area contributed by atoms with Gasteiger partial charge in [0.15, 0.2) is 0 Å². The van der Waals surface area contributed by atoms with Crippen molar-refractivity contribution in [2.75, 3.05) is 0 Å². The summed E-state index contributed by atoms with van der Waals surface area (Å²) < 4.78 is 21.0. The first-order valence-corrected chi connectivity index (χ1v) is 13.3. The van der Waals surface area contributed by atoms with Gasteiger partial charge in [0.25, 0.3) is 5.56 Å². The summed E-state index contributed by atoms with van der Waals surface area (Å²) >= 11 is 0. The molecule has 7 nitrogen and oxygen atoms in total. The van der Waals surface area contributed by atoms with Crippen LogP contribution in [0, 0.1) is 11.7 Å². The van der Waals surface area contributed by atoms with Gasteiger partial charge >= 0.3 is 5.69 Å². The van der Waals surface area contributed by atoms with Crippen molar-refractivity contribution in [2.45, 2.75) is 77.4 Å². The monoisotopic (exact) mass is 504 g/mol. The molecule has 2 aromatic rings. The fourth-order valence-corrected chi connectivity index (χ4v) is 5.11. The van der Waals surface area contributed by atoms with Crippen molar-refractivity contribution >= 4 is 17.4 Å². The van der Waals surface area contributed by atoms with Crippen LogP contribution < -0.4 is 11.2 Å². The van der Waals surface area contributed by atoms with Crippen LogP contribution in [-0.2, 0) is 24.1 Å². The summed E-state index contributed by atoms with van der Waals surface area (Å²) in [5, 5.41) is 0. The number of aryl methyl sites for hydroxylation is 1. The van der Waals surface area contributed by atoms with Gasteiger partial charge in [-0.2, -0.15) is 0 Å². The number of nitrogens with zero attached hydrogens (tertiary/aromatic N) is 3.